The molecule has 23 heavy (non-hydrogen) atoms. The van der Waals surface area contributed by atoms with Gasteiger partial charge in [0.2, 0.25) is 0 Å². The summed E-state index contributed by atoms with van der Waals surface area (Å²) in [4.78, 5) is 17.3. The lowest BCUT2D eigenvalue weighted by atomic mass is 9.85. The van der Waals surface area contributed by atoms with Crippen molar-refractivity contribution in [1.29, 1.82) is 0 Å². The van der Waals surface area contributed by atoms with Crippen LogP contribution < -0.4 is 4.74 Å². The second-order valence-corrected chi connectivity index (χ2v) is 6.12. The number of oxime groups is 1. The Morgan fingerprint density at radius 1 is 0.957 bits per heavy atom. The molecule has 0 aromatic heterocycles. The van der Waals surface area contributed by atoms with Crippen molar-refractivity contribution >= 4 is 11.7 Å². The van der Waals surface area contributed by atoms with E-state index in [0.29, 0.717) is 11.3 Å². The van der Waals surface area contributed by atoms with E-state index < -0.39 is 5.97 Å². The van der Waals surface area contributed by atoms with Crippen LogP contribution in [-0.2, 0) is 4.84 Å². The first-order chi connectivity index (χ1) is 10.9. The number of esters is 1. The van der Waals surface area contributed by atoms with Crippen LogP contribution in [-0.4, -0.2) is 18.8 Å². The molecule has 4 heteroatoms. The predicted octanol–water partition coefficient (Wildman–Crippen LogP) is 4.30. The Kier molecular flexibility index (Phi) is 5.16. The van der Waals surface area contributed by atoms with Gasteiger partial charge in [-0.1, -0.05) is 56.3 Å². The van der Waals surface area contributed by atoms with E-state index in [4.69, 9.17) is 9.57 Å². The van der Waals surface area contributed by atoms with E-state index in [-0.39, 0.29) is 5.41 Å². The zero-order chi connectivity index (χ0) is 16.9. The van der Waals surface area contributed by atoms with Crippen LogP contribution in [0.15, 0.2) is 59.8 Å². The largest absolute Gasteiger partial charge is 0.422 e. The summed E-state index contributed by atoms with van der Waals surface area (Å²) >= 11 is 0. The van der Waals surface area contributed by atoms with Crippen molar-refractivity contribution in [3.05, 3.63) is 65.7 Å². The molecular weight excluding hydrogens is 290 g/mol. The number of carbonyl (C=O) groups is 1. The third-order valence-corrected chi connectivity index (χ3v) is 3.25. The van der Waals surface area contributed by atoms with Gasteiger partial charge in [-0.2, -0.15) is 0 Å². The lowest BCUT2D eigenvalue weighted by molar-refractivity contribution is 0.0734. The van der Waals surface area contributed by atoms with E-state index >= 15 is 0 Å². The molecule has 0 aliphatic carbocycles. The number of ether oxygens (including phenoxy) is 1. The second kappa shape index (κ2) is 7.09. The van der Waals surface area contributed by atoms with E-state index in [9.17, 15) is 4.79 Å². The predicted molar refractivity (Wildman–Crippen MR) is 90.8 cm³/mol. The van der Waals surface area contributed by atoms with Crippen LogP contribution in [0.3, 0.4) is 0 Å². The summed E-state index contributed by atoms with van der Waals surface area (Å²) in [7, 11) is 1.50. The van der Waals surface area contributed by atoms with Gasteiger partial charge in [-0.15, -0.1) is 0 Å². The summed E-state index contributed by atoms with van der Waals surface area (Å²) in [6.07, 6.45) is 0. The highest BCUT2D eigenvalue weighted by Crippen LogP contribution is 2.29. The lowest BCUT2D eigenvalue weighted by Gasteiger charge is -2.22. The molecule has 0 spiro atoms. The van der Waals surface area contributed by atoms with Crippen molar-refractivity contribution in [1.82, 2.24) is 0 Å². The summed E-state index contributed by atoms with van der Waals surface area (Å²) in [5.74, 6) is 0.0656. The Morgan fingerprint density at radius 2 is 1.57 bits per heavy atom. The van der Waals surface area contributed by atoms with Crippen LogP contribution in [0.25, 0.3) is 0 Å². The van der Waals surface area contributed by atoms with Crippen LogP contribution in [0, 0.1) is 5.41 Å². The molecule has 0 bridgehead atoms. The number of hydrogen-bond donors (Lipinski definition) is 0. The average Bonchev–Trinajstić information content (AvgIpc) is 2.53. The van der Waals surface area contributed by atoms with Gasteiger partial charge in [0.05, 0.1) is 11.3 Å². The molecule has 0 unspecified atom stereocenters. The maximum absolute atomic E-state index is 12.3. The summed E-state index contributed by atoms with van der Waals surface area (Å²) in [5.41, 5.74) is 1.71. The number of hydrogen-bond acceptors (Lipinski definition) is 4. The number of benzene rings is 2. The topological polar surface area (TPSA) is 47.9 Å². The molecule has 0 saturated carbocycles. The van der Waals surface area contributed by atoms with Crippen LogP contribution in [0.1, 0.15) is 36.7 Å². The molecule has 120 valence electrons. The van der Waals surface area contributed by atoms with Crippen LogP contribution in [0.2, 0.25) is 0 Å². The maximum atomic E-state index is 12.3. The Morgan fingerprint density at radius 3 is 2.17 bits per heavy atom. The average molecular weight is 311 g/mol. The fraction of sp³-hybridized carbons (Fsp3) is 0.263. The zero-order valence-electron chi connectivity index (χ0n) is 13.9. The van der Waals surface area contributed by atoms with E-state index in [2.05, 4.69) is 5.16 Å². The SMILES string of the molecule is CO/N=C(/c1ccccc1OC(=O)c1ccccc1)C(C)(C)C. The summed E-state index contributed by atoms with van der Waals surface area (Å²) in [5, 5.41) is 4.13. The lowest BCUT2D eigenvalue weighted by Crippen LogP contribution is -2.23. The third-order valence-electron chi connectivity index (χ3n) is 3.25. The molecule has 2 aromatic rings. The van der Waals surface area contributed by atoms with Crippen molar-refractivity contribution in [2.75, 3.05) is 7.11 Å². The summed E-state index contributed by atoms with van der Waals surface area (Å²) in [6, 6.07) is 16.2. The van der Waals surface area contributed by atoms with Gasteiger partial charge in [0.15, 0.2) is 0 Å². The smallest absolute Gasteiger partial charge is 0.343 e. The summed E-state index contributed by atoms with van der Waals surface area (Å²) < 4.78 is 5.58. The minimum atomic E-state index is -0.399. The zero-order valence-corrected chi connectivity index (χ0v) is 13.9. The standard InChI is InChI=1S/C19H21NO3/c1-19(2,3)17(20-22-4)15-12-8-9-13-16(15)23-18(21)14-10-6-5-7-11-14/h5-13H,1-4H3/b20-17-. The van der Waals surface area contributed by atoms with Crippen LogP contribution >= 0.6 is 0 Å². The Balaban J connectivity index is 2.38. The number of carbonyl (C=O) groups excluding carboxylic acids is 1. The molecule has 2 aromatic carbocycles. The van der Waals surface area contributed by atoms with Crippen molar-refractivity contribution < 1.29 is 14.4 Å². The fourth-order valence-corrected chi connectivity index (χ4v) is 2.17. The molecular formula is C19H21NO3. The summed E-state index contributed by atoms with van der Waals surface area (Å²) in [6.45, 7) is 6.09. The first kappa shape index (κ1) is 16.7. The molecule has 0 atom stereocenters. The molecule has 0 saturated heterocycles. The van der Waals surface area contributed by atoms with Crippen molar-refractivity contribution in [2.45, 2.75) is 20.8 Å². The van der Waals surface area contributed by atoms with E-state index in [1.54, 1.807) is 30.3 Å². The van der Waals surface area contributed by atoms with E-state index in [1.165, 1.54) is 7.11 Å². The molecule has 0 heterocycles. The molecule has 0 N–H and O–H groups in total. The van der Waals surface area contributed by atoms with Crippen LogP contribution in [0.4, 0.5) is 0 Å². The number of para-hydroxylation sites is 1. The Labute approximate surface area is 136 Å². The van der Waals surface area contributed by atoms with E-state index in [0.717, 1.165) is 11.3 Å². The maximum Gasteiger partial charge on any atom is 0.343 e. The van der Waals surface area contributed by atoms with Crippen molar-refractivity contribution in [3.63, 3.8) is 0 Å². The minimum Gasteiger partial charge on any atom is -0.422 e. The van der Waals surface area contributed by atoms with Crippen LogP contribution in [0.5, 0.6) is 5.75 Å². The monoisotopic (exact) mass is 311 g/mol. The van der Waals surface area contributed by atoms with Gasteiger partial charge in [0, 0.05) is 11.0 Å². The highest BCUT2D eigenvalue weighted by atomic mass is 16.6. The quantitative estimate of drug-likeness (QED) is 0.366. The van der Waals surface area contributed by atoms with Gasteiger partial charge in [-0.3, -0.25) is 0 Å². The molecule has 4 nitrogen and oxygen atoms in total. The van der Waals surface area contributed by atoms with Gasteiger partial charge in [0.1, 0.15) is 12.9 Å². The first-order valence-corrected chi connectivity index (χ1v) is 7.41. The van der Waals surface area contributed by atoms with Crippen molar-refractivity contribution in [3.8, 4) is 5.75 Å². The molecule has 2 rings (SSSR count). The van der Waals surface area contributed by atoms with Crippen molar-refractivity contribution in [2.24, 2.45) is 10.6 Å². The third kappa shape index (κ3) is 4.19. The minimum absolute atomic E-state index is 0.259. The Hall–Kier alpha value is -2.62. The molecule has 0 fully saturated rings. The molecule has 0 amide bonds. The molecule has 0 aliphatic heterocycles. The molecule has 0 radical (unpaired) electrons. The number of rotatable bonds is 4. The number of nitrogens with zero attached hydrogens (tertiary/aromatic N) is 1. The highest BCUT2D eigenvalue weighted by molar-refractivity contribution is 6.06. The fourth-order valence-electron chi connectivity index (χ4n) is 2.17. The van der Waals surface area contributed by atoms with Gasteiger partial charge in [-0.25, -0.2) is 4.79 Å². The second-order valence-electron chi connectivity index (χ2n) is 6.12. The normalized spacial score (nSPS) is 11.9. The first-order valence-electron chi connectivity index (χ1n) is 7.41. The van der Waals surface area contributed by atoms with Gasteiger partial charge < -0.3 is 9.57 Å². The van der Waals surface area contributed by atoms with Gasteiger partial charge >= 0.3 is 5.97 Å². The van der Waals surface area contributed by atoms with Gasteiger partial charge in [-0.05, 0) is 24.3 Å². The highest BCUT2D eigenvalue weighted by Gasteiger charge is 2.25. The van der Waals surface area contributed by atoms with E-state index in [1.807, 2.05) is 45.0 Å². The molecule has 0 aliphatic rings. The Bertz CT molecular complexity index is 700. The van der Waals surface area contributed by atoms with Gasteiger partial charge in [0.25, 0.3) is 0 Å².